The summed E-state index contributed by atoms with van der Waals surface area (Å²) in [6.07, 6.45) is 5.39. The first kappa shape index (κ1) is 24.6. The third-order valence-corrected chi connectivity index (χ3v) is 7.34. The van der Waals surface area contributed by atoms with Gasteiger partial charge < -0.3 is 20.1 Å². The van der Waals surface area contributed by atoms with Gasteiger partial charge in [0.15, 0.2) is 5.65 Å². The summed E-state index contributed by atoms with van der Waals surface area (Å²) in [7, 11) is 0. The molecule has 2 saturated heterocycles. The Bertz CT molecular complexity index is 1410. The first-order chi connectivity index (χ1) is 18.7. The third kappa shape index (κ3) is 5.04. The fourth-order valence-corrected chi connectivity index (χ4v) is 5.28. The Morgan fingerprint density at radius 3 is 2.63 bits per heavy atom. The number of halogens is 1. The fraction of sp³-hybridized carbons (Fsp3) is 0.379. The van der Waals surface area contributed by atoms with Crippen LogP contribution in [0.3, 0.4) is 0 Å². The molecule has 198 valence electrons. The van der Waals surface area contributed by atoms with E-state index in [-0.39, 0.29) is 5.69 Å². The van der Waals surface area contributed by atoms with Crippen LogP contribution < -0.4 is 15.4 Å². The van der Waals surface area contributed by atoms with Crippen LogP contribution in [-0.4, -0.2) is 72.0 Å². The summed E-state index contributed by atoms with van der Waals surface area (Å²) >= 11 is 0. The van der Waals surface area contributed by atoms with E-state index in [4.69, 9.17) is 25.2 Å². The van der Waals surface area contributed by atoms with Crippen LogP contribution in [0.1, 0.15) is 19.3 Å². The Morgan fingerprint density at radius 2 is 1.82 bits per heavy atom. The van der Waals surface area contributed by atoms with Crippen molar-refractivity contribution in [2.75, 3.05) is 63.2 Å². The highest BCUT2D eigenvalue weighted by atomic mass is 19.1. The van der Waals surface area contributed by atoms with Crippen LogP contribution in [0.25, 0.3) is 28.2 Å². The number of imidazole rings is 1. The molecule has 38 heavy (non-hydrogen) atoms. The van der Waals surface area contributed by atoms with Crippen LogP contribution >= 0.6 is 0 Å². The normalized spacial score (nSPS) is 16.7. The number of aromatic nitrogens is 3. The number of pyridine rings is 1. The quantitative estimate of drug-likeness (QED) is 0.362. The molecule has 0 amide bonds. The predicted molar refractivity (Wildman–Crippen MR) is 147 cm³/mol. The van der Waals surface area contributed by atoms with Gasteiger partial charge in [0.2, 0.25) is 0 Å². The minimum absolute atomic E-state index is 0.110. The van der Waals surface area contributed by atoms with Crippen molar-refractivity contribution in [1.29, 1.82) is 0 Å². The summed E-state index contributed by atoms with van der Waals surface area (Å²) in [6, 6.07) is 14.8. The van der Waals surface area contributed by atoms with Crippen molar-refractivity contribution >= 4 is 22.5 Å². The van der Waals surface area contributed by atoms with E-state index in [0.29, 0.717) is 18.0 Å². The number of hydrogen-bond acceptors (Lipinski definition) is 7. The largest absolute Gasteiger partial charge is 0.492 e. The monoisotopic (exact) mass is 516 g/mol. The Labute approximate surface area is 221 Å². The molecular formula is C29H33FN6O2. The molecule has 2 aromatic carbocycles. The first-order valence-electron chi connectivity index (χ1n) is 13.4. The van der Waals surface area contributed by atoms with Crippen LogP contribution in [0.4, 0.5) is 15.8 Å². The molecule has 0 unspecified atom stereocenters. The van der Waals surface area contributed by atoms with Gasteiger partial charge in [0.1, 0.15) is 29.5 Å². The van der Waals surface area contributed by atoms with Gasteiger partial charge in [0.05, 0.1) is 30.3 Å². The number of nitrogens with zero attached hydrogens (tertiary/aromatic N) is 5. The van der Waals surface area contributed by atoms with E-state index < -0.39 is 5.82 Å². The van der Waals surface area contributed by atoms with Gasteiger partial charge in [-0.2, -0.15) is 0 Å². The Morgan fingerprint density at radius 1 is 0.974 bits per heavy atom. The van der Waals surface area contributed by atoms with Gasteiger partial charge in [0, 0.05) is 50.6 Å². The second kappa shape index (κ2) is 11.0. The lowest BCUT2D eigenvalue weighted by Gasteiger charge is -2.28. The Kier molecular flexibility index (Phi) is 7.11. The molecule has 0 atom stereocenters. The van der Waals surface area contributed by atoms with Crippen LogP contribution in [-0.2, 0) is 4.74 Å². The molecule has 0 spiro atoms. The molecule has 2 aliphatic heterocycles. The van der Waals surface area contributed by atoms with Crippen molar-refractivity contribution in [3.05, 3.63) is 60.5 Å². The zero-order chi connectivity index (χ0) is 25.9. The molecule has 8 nitrogen and oxygen atoms in total. The fourth-order valence-electron chi connectivity index (χ4n) is 5.28. The number of piperidine rings is 1. The lowest BCUT2D eigenvalue weighted by Crippen LogP contribution is -2.38. The number of fused-ring (bicyclic) bond motifs is 1. The van der Waals surface area contributed by atoms with Crippen LogP contribution in [0.15, 0.2) is 54.7 Å². The smallest absolute Gasteiger partial charge is 0.167 e. The number of hydrogen-bond donors (Lipinski definition) is 1. The number of ether oxygens (including phenoxy) is 2. The van der Waals surface area contributed by atoms with E-state index in [1.165, 1.54) is 12.5 Å². The minimum Gasteiger partial charge on any atom is -0.492 e. The summed E-state index contributed by atoms with van der Waals surface area (Å²) in [5.41, 5.74) is 9.98. The molecule has 2 fully saturated rings. The minimum atomic E-state index is -0.467. The van der Waals surface area contributed by atoms with E-state index in [2.05, 4.69) is 9.80 Å². The number of benzene rings is 2. The number of anilines is 2. The van der Waals surface area contributed by atoms with E-state index in [9.17, 15) is 4.39 Å². The molecule has 4 heterocycles. The van der Waals surface area contributed by atoms with Crippen molar-refractivity contribution in [1.82, 2.24) is 19.4 Å². The van der Waals surface area contributed by atoms with Gasteiger partial charge in [-0.15, -0.1) is 0 Å². The van der Waals surface area contributed by atoms with Crippen molar-refractivity contribution in [2.45, 2.75) is 19.3 Å². The number of rotatable bonds is 7. The van der Waals surface area contributed by atoms with Crippen molar-refractivity contribution in [3.63, 3.8) is 0 Å². The maximum absolute atomic E-state index is 14.6. The lowest BCUT2D eigenvalue weighted by atomic mass is 10.1. The van der Waals surface area contributed by atoms with E-state index in [1.807, 2.05) is 41.1 Å². The Balaban J connectivity index is 1.39. The zero-order valence-corrected chi connectivity index (χ0v) is 21.5. The molecule has 2 aliphatic rings. The molecule has 0 radical (unpaired) electrons. The summed E-state index contributed by atoms with van der Waals surface area (Å²) in [5, 5.41) is 0. The van der Waals surface area contributed by atoms with Gasteiger partial charge in [-0.1, -0.05) is 6.07 Å². The van der Waals surface area contributed by atoms with E-state index in [1.54, 1.807) is 12.1 Å². The number of nitrogens with two attached hydrogens (primary N) is 1. The molecule has 0 bridgehead atoms. The molecule has 2 aromatic heterocycles. The van der Waals surface area contributed by atoms with Crippen LogP contribution in [0, 0.1) is 5.82 Å². The summed E-state index contributed by atoms with van der Waals surface area (Å²) in [6.45, 7) is 6.80. The van der Waals surface area contributed by atoms with E-state index >= 15 is 0 Å². The average Bonchev–Trinajstić information content (AvgIpc) is 3.36. The third-order valence-electron chi connectivity index (χ3n) is 7.34. The first-order valence-corrected chi connectivity index (χ1v) is 13.4. The van der Waals surface area contributed by atoms with Crippen molar-refractivity contribution < 1.29 is 13.9 Å². The lowest BCUT2D eigenvalue weighted by molar-refractivity contribution is 0.0322. The molecule has 6 rings (SSSR count). The highest BCUT2D eigenvalue weighted by Gasteiger charge is 2.22. The molecular weight excluding hydrogens is 483 g/mol. The standard InChI is InChI=1S/C29H33FN6O2/c30-24-19-21(7-8-25(24)31)28-33-27-26(35-11-2-1-3-12-35)9-10-32-29(27)36(28)22-5-4-6-23(20-22)38-18-15-34-13-16-37-17-14-34/h4-10,19-20H,1-3,11-18,31H2. The maximum atomic E-state index is 14.6. The second-order valence-electron chi connectivity index (χ2n) is 9.86. The van der Waals surface area contributed by atoms with Crippen molar-refractivity contribution in [2.24, 2.45) is 0 Å². The molecule has 0 aliphatic carbocycles. The molecule has 4 aromatic rings. The highest BCUT2D eigenvalue weighted by Crippen LogP contribution is 2.35. The number of morpholine rings is 1. The molecule has 9 heteroatoms. The second-order valence-corrected chi connectivity index (χ2v) is 9.86. The molecule has 2 N–H and O–H groups in total. The van der Waals surface area contributed by atoms with Crippen LogP contribution in [0.5, 0.6) is 5.75 Å². The van der Waals surface area contributed by atoms with Crippen LogP contribution in [0.2, 0.25) is 0 Å². The topological polar surface area (TPSA) is 81.7 Å². The van der Waals surface area contributed by atoms with E-state index in [0.717, 1.165) is 87.1 Å². The Hall–Kier alpha value is -3.69. The number of nitrogen functional groups attached to an aromatic ring is 1. The SMILES string of the molecule is Nc1ccc(-c2nc3c(N4CCCCC4)ccnc3n2-c2cccc(OCCN3CCOCC3)c2)cc1F. The average molecular weight is 517 g/mol. The highest BCUT2D eigenvalue weighted by molar-refractivity contribution is 5.90. The van der Waals surface area contributed by atoms with Gasteiger partial charge in [-0.25, -0.2) is 14.4 Å². The summed E-state index contributed by atoms with van der Waals surface area (Å²) in [4.78, 5) is 14.5. The maximum Gasteiger partial charge on any atom is 0.167 e. The van der Waals surface area contributed by atoms with Crippen molar-refractivity contribution in [3.8, 4) is 22.8 Å². The summed E-state index contributed by atoms with van der Waals surface area (Å²) in [5.74, 6) is 0.908. The van der Waals surface area contributed by atoms with Gasteiger partial charge in [0.25, 0.3) is 0 Å². The van der Waals surface area contributed by atoms with Gasteiger partial charge in [-0.05, 0) is 55.7 Å². The van der Waals surface area contributed by atoms with Gasteiger partial charge >= 0.3 is 0 Å². The zero-order valence-electron chi connectivity index (χ0n) is 21.5. The predicted octanol–water partition coefficient (Wildman–Crippen LogP) is 4.51. The molecule has 0 saturated carbocycles. The van der Waals surface area contributed by atoms with Gasteiger partial charge in [-0.3, -0.25) is 9.47 Å². The summed E-state index contributed by atoms with van der Waals surface area (Å²) < 4.78 is 28.1.